The number of piperidine rings is 1. The summed E-state index contributed by atoms with van der Waals surface area (Å²) in [5, 5.41) is 6.06. The van der Waals surface area contributed by atoms with Gasteiger partial charge >= 0.3 is 0 Å². The number of carbonyl (C=O) groups excluding carboxylic acids is 1. The summed E-state index contributed by atoms with van der Waals surface area (Å²) in [6.07, 6.45) is 5.44. The topological polar surface area (TPSA) is 83.0 Å². The van der Waals surface area contributed by atoms with E-state index < -0.39 is 0 Å². The second kappa shape index (κ2) is 8.02. The summed E-state index contributed by atoms with van der Waals surface area (Å²) in [5.74, 6) is 1.81. The highest BCUT2D eigenvalue weighted by molar-refractivity contribution is 5.78. The SMILES string of the molecule is CNCC(=O)N1CCC(c2ccnc(Nc3ccc(C)cn3)n2)CC1. The fourth-order valence-corrected chi connectivity index (χ4v) is 3.00. The van der Waals surface area contributed by atoms with Crippen LogP contribution in [0.2, 0.25) is 0 Å². The predicted molar refractivity (Wildman–Crippen MR) is 96.8 cm³/mol. The molecule has 0 unspecified atom stereocenters. The van der Waals surface area contributed by atoms with Gasteiger partial charge in [-0.2, -0.15) is 0 Å². The number of rotatable bonds is 5. The highest BCUT2D eigenvalue weighted by atomic mass is 16.2. The standard InChI is InChI=1S/C18H24N6O/c1-13-3-4-16(21-11-13)23-18-20-8-5-15(22-18)14-6-9-24(10-7-14)17(25)12-19-2/h3-5,8,11,14,19H,6-7,9-10,12H2,1-2H3,(H,20,21,22,23). The second-order valence-electron chi connectivity index (χ2n) is 6.34. The Morgan fingerprint density at radius 2 is 2.04 bits per heavy atom. The second-order valence-corrected chi connectivity index (χ2v) is 6.34. The average molecular weight is 340 g/mol. The third-order valence-corrected chi connectivity index (χ3v) is 4.42. The molecule has 7 nitrogen and oxygen atoms in total. The van der Waals surface area contributed by atoms with E-state index in [4.69, 9.17) is 0 Å². The van der Waals surface area contributed by atoms with Gasteiger partial charge in [0.2, 0.25) is 11.9 Å². The van der Waals surface area contributed by atoms with Crippen molar-refractivity contribution >= 4 is 17.7 Å². The summed E-state index contributed by atoms with van der Waals surface area (Å²) >= 11 is 0. The first-order chi connectivity index (χ1) is 12.2. The maximum atomic E-state index is 11.9. The third-order valence-electron chi connectivity index (χ3n) is 4.42. The number of carbonyl (C=O) groups is 1. The van der Waals surface area contributed by atoms with Crippen molar-refractivity contribution < 1.29 is 4.79 Å². The lowest BCUT2D eigenvalue weighted by Crippen LogP contribution is -2.42. The van der Waals surface area contributed by atoms with Crippen LogP contribution in [0, 0.1) is 6.92 Å². The number of likely N-dealkylation sites (N-methyl/N-ethyl adjacent to an activating group) is 1. The van der Waals surface area contributed by atoms with Gasteiger partial charge in [0, 0.05) is 37.1 Å². The quantitative estimate of drug-likeness (QED) is 0.864. The number of anilines is 2. The first kappa shape index (κ1) is 17.3. The van der Waals surface area contributed by atoms with Crippen LogP contribution in [0.15, 0.2) is 30.6 Å². The molecule has 25 heavy (non-hydrogen) atoms. The van der Waals surface area contributed by atoms with Gasteiger partial charge in [0.25, 0.3) is 0 Å². The molecule has 1 aliphatic heterocycles. The van der Waals surface area contributed by atoms with Crippen molar-refractivity contribution in [3.63, 3.8) is 0 Å². The van der Waals surface area contributed by atoms with Gasteiger partial charge in [0.1, 0.15) is 5.82 Å². The molecule has 1 saturated heterocycles. The van der Waals surface area contributed by atoms with E-state index in [-0.39, 0.29) is 5.91 Å². The Kier molecular flexibility index (Phi) is 5.55. The van der Waals surface area contributed by atoms with Gasteiger partial charge in [-0.15, -0.1) is 0 Å². The van der Waals surface area contributed by atoms with Gasteiger partial charge in [0.05, 0.1) is 6.54 Å². The first-order valence-electron chi connectivity index (χ1n) is 8.60. The minimum absolute atomic E-state index is 0.163. The van der Waals surface area contributed by atoms with Gasteiger partial charge in [0.15, 0.2) is 0 Å². The van der Waals surface area contributed by atoms with E-state index in [0.717, 1.165) is 43.0 Å². The van der Waals surface area contributed by atoms with Gasteiger partial charge < -0.3 is 15.5 Å². The van der Waals surface area contributed by atoms with Crippen LogP contribution in [0.1, 0.15) is 30.0 Å². The summed E-state index contributed by atoms with van der Waals surface area (Å²) in [5.41, 5.74) is 2.13. The molecule has 1 aliphatic rings. The van der Waals surface area contributed by atoms with E-state index in [9.17, 15) is 4.79 Å². The lowest BCUT2D eigenvalue weighted by atomic mass is 9.93. The number of pyridine rings is 1. The van der Waals surface area contributed by atoms with Gasteiger partial charge in [-0.3, -0.25) is 4.79 Å². The maximum Gasteiger partial charge on any atom is 0.236 e. The molecule has 1 amide bonds. The number of nitrogens with one attached hydrogen (secondary N) is 2. The first-order valence-corrected chi connectivity index (χ1v) is 8.60. The number of hydrogen-bond acceptors (Lipinski definition) is 6. The highest BCUT2D eigenvalue weighted by Gasteiger charge is 2.24. The van der Waals surface area contributed by atoms with E-state index in [1.807, 2.05) is 36.2 Å². The summed E-state index contributed by atoms with van der Waals surface area (Å²) in [6.45, 7) is 3.95. The third kappa shape index (κ3) is 4.51. The van der Waals surface area contributed by atoms with E-state index in [0.29, 0.717) is 18.4 Å². The number of hydrogen-bond donors (Lipinski definition) is 2. The van der Waals surface area contributed by atoms with E-state index >= 15 is 0 Å². The Labute approximate surface area is 147 Å². The van der Waals surface area contributed by atoms with Crippen LogP contribution in [0.25, 0.3) is 0 Å². The number of nitrogens with zero attached hydrogens (tertiary/aromatic N) is 4. The van der Waals surface area contributed by atoms with Crippen LogP contribution >= 0.6 is 0 Å². The number of amides is 1. The fraction of sp³-hybridized carbons (Fsp3) is 0.444. The Hall–Kier alpha value is -2.54. The van der Waals surface area contributed by atoms with Gasteiger partial charge in [-0.05, 0) is 44.5 Å². The van der Waals surface area contributed by atoms with Crippen LogP contribution in [0.3, 0.4) is 0 Å². The predicted octanol–water partition coefficient (Wildman–Crippen LogP) is 1.85. The number of likely N-dealkylation sites (tertiary alicyclic amines) is 1. The number of aryl methyl sites for hydroxylation is 1. The molecule has 0 radical (unpaired) electrons. The van der Waals surface area contributed by atoms with E-state index in [1.165, 1.54) is 0 Å². The molecule has 0 spiro atoms. The molecule has 3 rings (SSSR count). The molecule has 2 aromatic rings. The molecule has 3 heterocycles. The van der Waals surface area contributed by atoms with Crippen LogP contribution in [-0.2, 0) is 4.79 Å². The van der Waals surface area contributed by atoms with E-state index in [1.54, 1.807) is 13.2 Å². The molecule has 7 heteroatoms. The summed E-state index contributed by atoms with van der Waals surface area (Å²) in [7, 11) is 1.79. The van der Waals surface area contributed by atoms with Crippen molar-refractivity contribution in [2.75, 3.05) is 32.0 Å². The molecular formula is C18H24N6O. The molecular weight excluding hydrogens is 316 g/mol. The molecule has 0 atom stereocenters. The lowest BCUT2D eigenvalue weighted by molar-refractivity contribution is -0.131. The Morgan fingerprint density at radius 3 is 2.72 bits per heavy atom. The zero-order chi connectivity index (χ0) is 17.6. The number of aromatic nitrogens is 3. The zero-order valence-corrected chi connectivity index (χ0v) is 14.7. The van der Waals surface area contributed by atoms with Crippen LogP contribution in [-0.4, -0.2) is 52.4 Å². The fourth-order valence-electron chi connectivity index (χ4n) is 3.00. The largest absolute Gasteiger partial charge is 0.342 e. The van der Waals surface area contributed by atoms with Crippen molar-refractivity contribution in [2.24, 2.45) is 0 Å². The highest BCUT2D eigenvalue weighted by Crippen LogP contribution is 2.27. The molecule has 0 bridgehead atoms. The van der Waals surface area contributed by atoms with Crippen molar-refractivity contribution in [1.29, 1.82) is 0 Å². The van der Waals surface area contributed by atoms with Crippen molar-refractivity contribution in [2.45, 2.75) is 25.7 Å². The minimum atomic E-state index is 0.163. The summed E-state index contributed by atoms with van der Waals surface area (Å²) in [6, 6.07) is 5.87. The Balaban J connectivity index is 1.62. The van der Waals surface area contributed by atoms with Crippen LogP contribution in [0.5, 0.6) is 0 Å². The van der Waals surface area contributed by atoms with Crippen molar-refractivity contribution in [3.8, 4) is 0 Å². The normalized spacial score (nSPS) is 15.2. The van der Waals surface area contributed by atoms with Gasteiger partial charge in [-0.1, -0.05) is 6.07 Å². The van der Waals surface area contributed by atoms with E-state index in [2.05, 4.69) is 25.6 Å². The lowest BCUT2D eigenvalue weighted by Gasteiger charge is -2.31. The average Bonchev–Trinajstić information content (AvgIpc) is 2.64. The smallest absolute Gasteiger partial charge is 0.236 e. The summed E-state index contributed by atoms with van der Waals surface area (Å²) in [4.78, 5) is 27.1. The molecule has 0 saturated carbocycles. The molecule has 0 aromatic carbocycles. The maximum absolute atomic E-state index is 11.9. The van der Waals surface area contributed by atoms with Crippen molar-refractivity contribution in [1.82, 2.24) is 25.2 Å². The molecule has 132 valence electrons. The Bertz CT molecular complexity index is 710. The molecule has 2 aromatic heterocycles. The monoisotopic (exact) mass is 340 g/mol. The zero-order valence-electron chi connectivity index (χ0n) is 14.7. The minimum Gasteiger partial charge on any atom is -0.342 e. The van der Waals surface area contributed by atoms with Crippen LogP contribution in [0.4, 0.5) is 11.8 Å². The van der Waals surface area contributed by atoms with Crippen LogP contribution < -0.4 is 10.6 Å². The summed E-state index contributed by atoms with van der Waals surface area (Å²) < 4.78 is 0. The molecule has 1 fully saturated rings. The molecule has 2 N–H and O–H groups in total. The Morgan fingerprint density at radius 1 is 1.24 bits per heavy atom. The van der Waals surface area contributed by atoms with Gasteiger partial charge in [-0.25, -0.2) is 15.0 Å². The van der Waals surface area contributed by atoms with Crippen molar-refractivity contribution in [3.05, 3.63) is 41.9 Å². The molecule has 0 aliphatic carbocycles.